The molecule has 2 nitrogen and oxygen atoms in total. The molecule has 2 unspecified atom stereocenters. The van der Waals surface area contributed by atoms with Crippen molar-refractivity contribution < 1.29 is 9.47 Å². The number of ether oxygens (including phenoxy) is 2. The molecule has 0 radical (unpaired) electrons. The van der Waals surface area contributed by atoms with Crippen molar-refractivity contribution >= 4 is 46.1 Å². The average molecular weight is 364 g/mol. The summed E-state index contributed by atoms with van der Waals surface area (Å²) >= 11 is 20.0. The van der Waals surface area contributed by atoms with E-state index in [0.29, 0.717) is 27.8 Å². The fourth-order valence-electron chi connectivity index (χ4n) is 2.13. The first-order chi connectivity index (χ1) is 10.0. The van der Waals surface area contributed by atoms with Crippen LogP contribution in [0.25, 0.3) is 0 Å². The normalized spacial score (nSPS) is 19.1. The van der Waals surface area contributed by atoms with E-state index in [1.807, 2.05) is 18.2 Å². The van der Waals surface area contributed by atoms with Gasteiger partial charge in [0, 0.05) is 11.5 Å². The van der Waals surface area contributed by atoms with E-state index in [9.17, 15) is 0 Å². The summed E-state index contributed by atoms with van der Waals surface area (Å²) in [5.41, 5.74) is 1.72. The predicted octanol–water partition coefficient (Wildman–Crippen LogP) is 5.79. The highest BCUT2D eigenvalue weighted by Gasteiger charge is 2.21. The molecule has 0 saturated carbocycles. The topological polar surface area (TPSA) is 18.5 Å². The fraction of sp³-hybridized carbons (Fsp3) is 0.333. The van der Waals surface area contributed by atoms with Crippen LogP contribution in [0.3, 0.4) is 0 Å². The summed E-state index contributed by atoms with van der Waals surface area (Å²) in [4.78, 5) is 0. The second kappa shape index (κ2) is 6.25. The summed E-state index contributed by atoms with van der Waals surface area (Å²) in [5, 5.41) is -0.365. The SMILES string of the molecule is CC1COc2ccc(C(Cl)c3cc(Cl)sc3Cl)cc2OC1. The van der Waals surface area contributed by atoms with Gasteiger partial charge < -0.3 is 9.47 Å². The lowest BCUT2D eigenvalue weighted by atomic mass is 10.1. The van der Waals surface area contributed by atoms with Crippen molar-refractivity contribution in [1.82, 2.24) is 0 Å². The van der Waals surface area contributed by atoms with Gasteiger partial charge in [0.1, 0.15) is 0 Å². The molecular weight excluding hydrogens is 351 g/mol. The van der Waals surface area contributed by atoms with Gasteiger partial charge >= 0.3 is 0 Å². The lowest BCUT2D eigenvalue weighted by Crippen LogP contribution is -2.12. The molecule has 2 heterocycles. The smallest absolute Gasteiger partial charge is 0.161 e. The number of benzene rings is 1. The van der Waals surface area contributed by atoms with Crippen molar-refractivity contribution in [3.05, 3.63) is 44.1 Å². The van der Waals surface area contributed by atoms with Crippen molar-refractivity contribution in [1.29, 1.82) is 0 Å². The first-order valence-corrected chi connectivity index (χ1v) is 8.54. The Balaban J connectivity index is 1.91. The number of hydrogen-bond acceptors (Lipinski definition) is 3. The van der Waals surface area contributed by atoms with E-state index in [1.165, 1.54) is 11.3 Å². The van der Waals surface area contributed by atoms with Crippen LogP contribution in [-0.4, -0.2) is 13.2 Å². The zero-order chi connectivity index (χ0) is 15.0. The molecule has 1 aliphatic rings. The number of hydrogen-bond donors (Lipinski definition) is 0. The van der Waals surface area contributed by atoms with E-state index in [-0.39, 0.29) is 5.38 Å². The van der Waals surface area contributed by atoms with E-state index < -0.39 is 0 Å². The van der Waals surface area contributed by atoms with Crippen LogP contribution in [0.2, 0.25) is 8.67 Å². The summed E-state index contributed by atoms with van der Waals surface area (Å²) in [6.45, 7) is 3.38. The molecule has 1 aromatic carbocycles. The molecular formula is C15H13Cl3O2S. The number of fused-ring (bicyclic) bond motifs is 1. The Hall–Kier alpha value is -0.610. The van der Waals surface area contributed by atoms with Gasteiger partial charge in [-0.3, -0.25) is 0 Å². The van der Waals surface area contributed by atoms with Gasteiger partial charge in [-0.25, -0.2) is 0 Å². The maximum atomic E-state index is 6.53. The second-order valence-corrected chi connectivity index (χ2v) is 7.80. The number of alkyl halides is 1. The van der Waals surface area contributed by atoms with Crippen LogP contribution < -0.4 is 9.47 Å². The van der Waals surface area contributed by atoms with Crippen LogP contribution in [-0.2, 0) is 0 Å². The van der Waals surface area contributed by atoms with Gasteiger partial charge in [0.25, 0.3) is 0 Å². The molecule has 112 valence electrons. The third-order valence-electron chi connectivity index (χ3n) is 3.26. The number of rotatable bonds is 2. The Morgan fingerprint density at radius 1 is 1.14 bits per heavy atom. The standard InChI is InChI=1S/C15H13Cl3O2S/c1-8-6-19-11-3-2-9(4-12(11)20-7-8)14(17)10-5-13(16)21-15(10)18/h2-5,8,14H,6-7H2,1H3. The number of halogens is 3. The molecule has 6 heteroatoms. The summed E-state index contributed by atoms with van der Waals surface area (Å²) in [5.74, 6) is 1.83. The highest BCUT2D eigenvalue weighted by molar-refractivity contribution is 7.20. The first-order valence-electron chi connectivity index (χ1n) is 6.53. The van der Waals surface area contributed by atoms with Crippen LogP contribution in [0.1, 0.15) is 23.4 Å². The molecule has 0 amide bonds. The minimum Gasteiger partial charge on any atom is -0.489 e. The van der Waals surface area contributed by atoms with Crippen molar-refractivity contribution in [2.24, 2.45) is 5.92 Å². The van der Waals surface area contributed by atoms with Gasteiger partial charge in [-0.1, -0.05) is 36.2 Å². The summed E-state index contributed by atoms with van der Waals surface area (Å²) < 4.78 is 12.7. The molecule has 0 spiro atoms. The van der Waals surface area contributed by atoms with Crippen LogP contribution in [0.5, 0.6) is 11.5 Å². The van der Waals surface area contributed by atoms with Crippen molar-refractivity contribution in [3.8, 4) is 11.5 Å². The Bertz CT molecular complexity index is 656. The van der Waals surface area contributed by atoms with Gasteiger partial charge in [-0.15, -0.1) is 22.9 Å². The quantitative estimate of drug-likeness (QED) is 0.629. The number of thiophene rings is 1. The molecule has 2 aromatic rings. The predicted molar refractivity (Wildman–Crippen MR) is 88.6 cm³/mol. The van der Waals surface area contributed by atoms with Crippen LogP contribution in [0, 0.1) is 5.92 Å². The lowest BCUT2D eigenvalue weighted by molar-refractivity contribution is 0.228. The Morgan fingerprint density at radius 3 is 2.52 bits per heavy atom. The maximum Gasteiger partial charge on any atom is 0.161 e. The zero-order valence-corrected chi connectivity index (χ0v) is 14.3. The monoisotopic (exact) mass is 362 g/mol. The molecule has 0 N–H and O–H groups in total. The van der Waals surface area contributed by atoms with E-state index in [0.717, 1.165) is 22.6 Å². The summed E-state index contributed by atoms with van der Waals surface area (Å²) in [7, 11) is 0. The maximum absolute atomic E-state index is 6.53. The van der Waals surface area contributed by atoms with Gasteiger partial charge in [0.2, 0.25) is 0 Å². The van der Waals surface area contributed by atoms with Crippen molar-refractivity contribution in [2.45, 2.75) is 12.3 Å². The molecule has 3 rings (SSSR count). The molecule has 1 aromatic heterocycles. The van der Waals surface area contributed by atoms with E-state index >= 15 is 0 Å². The highest BCUT2D eigenvalue weighted by atomic mass is 35.5. The van der Waals surface area contributed by atoms with Crippen LogP contribution in [0.4, 0.5) is 0 Å². The van der Waals surface area contributed by atoms with Crippen LogP contribution >= 0.6 is 46.1 Å². The first kappa shape index (κ1) is 15.3. The average Bonchev–Trinajstić information content (AvgIpc) is 2.69. The van der Waals surface area contributed by atoms with Gasteiger partial charge in [-0.05, 0) is 23.8 Å². The Kier molecular flexibility index (Phi) is 4.55. The van der Waals surface area contributed by atoms with Crippen molar-refractivity contribution in [2.75, 3.05) is 13.2 Å². The van der Waals surface area contributed by atoms with Gasteiger partial charge in [0.05, 0.1) is 27.3 Å². The second-order valence-electron chi connectivity index (χ2n) is 5.08. The molecule has 0 aliphatic carbocycles. The minimum atomic E-state index is -0.365. The van der Waals surface area contributed by atoms with Gasteiger partial charge in [-0.2, -0.15) is 0 Å². The molecule has 1 aliphatic heterocycles. The van der Waals surface area contributed by atoms with E-state index in [4.69, 9.17) is 44.3 Å². The fourth-order valence-corrected chi connectivity index (χ4v) is 4.09. The molecule has 2 atom stereocenters. The van der Waals surface area contributed by atoms with E-state index in [2.05, 4.69) is 6.92 Å². The summed E-state index contributed by atoms with van der Waals surface area (Å²) in [6, 6.07) is 7.53. The Labute approximate surface area is 142 Å². The van der Waals surface area contributed by atoms with Gasteiger partial charge in [0.15, 0.2) is 11.5 Å². The highest BCUT2D eigenvalue weighted by Crippen LogP contribution is 2.42. The third kappa shape index (κ3) is 3.26. The zero-order valence-electron chi connectivity index (χ0n) is 11.2. The Morgan fingerprint density at radius 2 is 1.86 bits per heavy atom. The third-order valence-corrected chi connectivity index (χ3v) is 5.27. The van der Waals surface area contributed by atoms with Crippen LogP contribution in [0.15, 0.2) is 24.3 Å². The lowest BCUT2D eigenvalue weighted by Gasteiger charge is -2.13. The molecule has 21 heavy (non-hydrogen) atoms. The van der Waals surface area contributed by atoms with E-state index in [1.54, 1.807) is 6.07 Å². The molecule has 0 saturated heterocycles. The van der Waals surface area contributed by atoms with Crippen molar-refractivity contribution in [3.63, 3.8) is 0 Å². The largest absolute Gasteiger partial charge is 0.489 e. The molecule has 0 fully saturated rings. The molecule has 0 bridgehead atoms. The summed E-state index contributed by atoms with van der Waals surface area (Å²) in [6.07, 6.45) is 0. The minimum absolute atomic E-state index is 0.359.